The highest BCUT2D eigenvalue weighted by Crippen LogP contribution is 2.25. The highest BCUT2D eigenvalue weighted by Gasteiger charge is 2.18. The molecule has 0 radical (unpaired) electrons. The van der Waals surface area contributed by atoms with Crippen molar-refractivity contribution in [3.63, 3.8) is 0 Å². The first kappa shape index (κ1) is 18.7. The van der Waals surface area contributed by atoms with Crippen LogP contribution in [0.4, 0.5) is 0 Å². The Morgan fingerprint density at radius 3 is 2.65 bits per heavy atom. The standard InChI is InChI=1S/C24H19N5O2/c30-24(26-14-19-7-4-12-31-19)20-13-22(18-5-2-1-3-6-18)28-23-21(20)15-27-29(23)16-17-8-10-25-11-9-17/h1-13,15H,14,16H2,(H,26,30). The molecule has 0 aliphatic carbocycles. The third-order valence-corrected chi connectivity index (χ3v) is 5.01. The number of pyridine rings is 2. The summed E-state index contributed by atoms with van der Waals surface area (Å²) in [5.41, 5.74) is 3.88. The molecule has 5 rings (SSSR count). The van der Waals surface area contributed by atoms with E-state index in [1.54, 1.807) is 35.6 Å². The van der Waals surface area contributed by atoms with Crippen LogP contribution in [0.5, 0.6) is 0 Å². The van der Waals surface area contributed by atoms with Crippen LogP contribution >= 0.6 is 0 Å². The average Bonchev–Trinajstić information content (AvgIpc) is 3.48. The molecule has 0 atom stereocenters. The summed E-state index contributed by atoms with van der Waals surface area (Å²) in [6.45, 7) is 0.839. The molecule has 152 valence electrons. The molecule has 7 nitrogen and oxygen atoms in total. The van der Waals surface area contributed by atoms with E-state index in [0.717, 1.165) is 11.1 Å². The molecule has 4 heterocycles. The van der Waals surface area contributed by atoms with Gasteiger partial charge in [-0.1, -0.05) is 30.3 Å². The molecule has 7 heteroatoms. The van der Waals surface area contributed by atoms with Gasteiger partial charge >= 0.3 is 0 Å². The van der Waals surface area contributed by atoms with E-state index in [0.29, 0.717) is 41.1 Å². The van der Waals surface area contributed by atoms with Gasteiger partial charge in [-0.05, 0) is 35.9 Å². The second-order valence-corrected chi connectivity index (χ2v) is 7.08. The maximum absolute atomic E-state index is 13.1. The summed E-state index contributed by atoms with van der Waals surface area (Å²) in [6.07, 6.45) is 6.78. The van der Waals surface area contributed by atoms with Crippen molar-refractivity contribution in [1.29, 1.82) is 0 Å². The van der Waals surface area contributed by atoms with E-state index in [2.05, 4.69) is 15.4 Å². The first-order chi connectivity index (χ1) is 15.3. The van der Waals surface area contributed by atoms with Crippen molar-refractivity contribution in [2.45, 2.75) is 13.1 Å². The molecule has 0 spiro atoms. The number of nitrogens with one attached hydrogen (secondary N) is 1. The zero-order valence-corrected chi connectivity index (χ0v) is 16.6. The van der Waals surface area contributed by atoms with Gasteiger partial charge in [0, 0.05) is 18.0 Å². The molecule has 31 heavy (non-hydrogen) atoms. The molecule has 0 bridgehead atoms. The van der Waals surface area contributed by atoms with E-state index in [-0.39, 0.29) is 5.91 Å². The Morgan fingerprint density at radius 2 is 1.87 bits per heavy atom. The SMILES string of the molecule is O=C(NCc1ccco1)c1cc(-c2ccccc2)nc2c1cnn2Cc1ccncc1. The summed E-state index contributed by atoms with van der Waals surface area (Å²) in [4.78, 5) is 22.0. The summed E-state index contributed by atoms with van der Waals surface area (Å²) in [5, 5.41) is 8.14. The van der Waals surface area contributed by atoms with E-state index in [4.69, 9.17) is 9.40 Å². The van der Waals surface area contributed by atoms with E-state index < -0.39 is 0 Å². The fraction of sp³-hybridized carbons (Fsp3) is 0.0833. The van der Waals surface area contributed by atoms with Crippen LogP contribution in [0.2, 0.25) is 0 Å². The highest BCUT2D eigenvalue weighted by atomic mass is 16.3. The number of benzene rings is 1. The van der Waals surface area contributed by atoms with Gasteiger partial charge in [0.25, 0.3) is 5.91 Å². The maximum atomic E-state index is 13.1. The Labute approximate surface area is 178 Å². The predicted molar refractivity (Wildman–Crippen MR) is 116 cm³/mol. The fourth-order valence-electron chi connectivity index (χ4n) is 3.44. The van der Waals surface area contributed by atoms with Gasteiger partial charge in [-0.3, -0.25) is 9.78 Å². The lowest BCUT2D eigenvalue weighted by atomic mass is 10.1. The topological polar surface area (TPSA) is 85.8 Å². The Balaban J connectivity index is 1.57. The van der Waals surface area contributed by atoms with Crippen molar-refractivity contribution in [3.8, 4) is 11.3 Å². The number of amides is 1. The second kappa shape index (κ2) is 8.23. The van der Waals surface area contributed by atoms with Crippen LogP contribution in [0.15, 0.2) is 89.9 Å². The number of hydrogen-bond acceptors (Lipinski definition) is 5. The number of carbonyl (C=O) groups excluding carboxylic acids is 1. The Hall–Kier alpha value is -4.26. The largest absolute Gasteiger partial charge is 0.467 e. The molecule has 0 unspecified atom stereocenters. The molecular formula is C24H19N5O2. The lowest BCUT2D eigenvalue weighted by molar-refractivity contribution is 0.0949. The van der Waals surface area contributed by atoms with Crippen molar-refractivity contribution >= 4 is 16.9 Å². The lowest BCUT2D eigenvalue weighted by Crippen LogP contribution is -2.23. The van der Waals surface area contributed by atoms with Crippen LogP contribution in [-0.2, 0) is 13.1 Å². The molecule has 0 fully saturated rings. The third kappa shape index (κ3) is 3.93. The van der Waals surface area contributed by atoms with Crippen molar-refractivity contribution in [3.05, 3.63) is 102 Å². The molecule has 5 aromatic rings. The minimum Gasteiger partial charge on any atom is -0.467 e. The first-order valence-electron chi connectivity index (χ1n) is 9.89. The maximum Gasteiger partial charge on any atom is 0.252 e. The van der Waals surface area contributed by atoms with Crippen LogP contribution in [0.1, 0.15) is 21.7 Å². The van der Waals surface area contributed by atoms with Gasteiger partial charge in [0.05, 0.1) is 42.2 Å². The molecule has 0 saturated carbocycles. The van der Waals surface area contributed by atoms with Gasteiger partial charge < -0.3 is 9.73 Å². The molecule has 0 aliphatic heterocycles. The zero-order valence-electron chi connectivity index (χ0n) is 16.6. The number of hydrogen-bond donors (Lipinski definition) is 1. The molecule has 0 saturated heterocycles. The van der Waals surface area contributed by atoms with E-state index in [1.165, 1.54) is 0 Å². The average molecular weight is 409 g/mol. The minimum absolute atomic E-state index is 0.204. The Bertz CT molecular complexity index is 1310. The first-order valence-corrected chi connectivity index (χ1v) is 9.89. The summed E-state index contributed by atoms with van der Waals surface area (Å²) >= 11 is 0. The van der Waals surface area contributed by atoms with E-state index in [9.17, 15) is 4.79 Å². The van der Waals surface area contributed by atoms with Gasteiger partial charge in [0.1, 0.15) is 5.76 Å². The zero-order chi connectivity index (χ0) is 21.0. The molecule has 1 amide bonds. The second-order valence-electron chi connectivity index (χ2n) is 7.08. The summed E-state index contributed by atoms with van der Waals surface area (Å²) < 4.78 is 7.13. The summed E-state index contributed by atoms with van der Waals surface area (Å²) in [5.74, 6) is 0.486. The molecule has 1 aromatic carbocycles. The number of rotatable bonds is 6. The quantitative estimate of drug-likeness (QED) is 0.457. The van der Waals surface area contributed by atoms with Crippen molar-refractivity contribution in [2.75, 3.05) is 0 Å². The highest BCUT2D eigenvalue weighted by molar-refractivity contribution is 6.06. The van der Waals surface area contributed by atoms with E-state index >= 15 is 0 Å². The van der Waals surface area contributed by atoms with Crippen LogP contribution in [0, 0.1) is 0 Å². The van der Waals surface area contributed by atoms with Gasteiger partial charge in [-0.25, -0.2) is 9.67 Å². The number of fused-ring (bicyclic) bond motifs is 1. The molecule has 1 N–H and O–H groups in total. The number of aromatic nitrogens is 4. The van der Waals surface area contributed by atoms with Crippen LogP contribution in [0.25, 0.3) is 22.3 Å². The predicted octanol–water partition coefficient (Wildman–Crippen LogP) is 4.06. The molecule has 0 aliphatic rings. The monoisotopic (exact) mass is 409 g/mol. The minimum atomic E-state index is -0.204. The normalized spacial score (nSPS) is 11.0. The third-order valence-electron chi connectivity index (χ3n) is 5.01. The fourth-order valence-corrected chi connectivity index (χ4v) is 3.44. The van der Waals surface area contributed by atoms with Gasteiger partial charge in [-0.15, -0.1) is 0 Å². The molecule has 4 aromatic heterocycles. The van der Waals surface area contributed by atoms with Crippen molar-refractivity contribution in [1.82, 2.24) is 25.1 Å². The summed E-state index contributed by atoms with van der Waals surface area (Å²) in [7, 11) is 0. The van der Waals surface area contributed by atoms with Gasteiger partial charge in [-0.2, -0.15) is 5.10 Å². The number of carbonyl (C=O) groups is 1. The Kier molecular flexibility index (Phi) is 4.98. The van der Waals surface area contributed by atoms with Gasteiger partial charge in [0.15, 0.2) is 5.65 Å². The smallest absolute Gasteiger partial charge is 0.252 e. The number of nitrogens with zero attached hydrogens (tertiary/aromatic N) is 4. The summed E-state index contributed by atoms with van der Waals surface area (Å²) in [6, 6.07) is 19.1. The van der Waals surface area contributed by atoms with E-state index in [1.807, 2.05) is 54.6 Å². The van der Waals surface area contributed by atoms with Crippen molar-refractivity contribution < 1.29 is 9.21 Å². The van der Waals surface area contributed by atoms with Crippen LogP contribution in [-0.4, -0.2) is 25.7 Å². The molecular weight excluding hydrogens is 390 g/mol. The van der Waals surface area contributed by atoms with Crippen molar-refractivity contribution in [2.24, 2.45) is 0 Å². The Morgan fingerprint density at radius 1 is 1.03 bits per heavy atom. The van der Waals surface area contributed by atoms with Gasteiger partial charge in [0.2, 0.25) is 0 Å². The lowest BCUT2D eigenvalue weighted by Gasteiger charge is -2.09. The van der Waals surface area contributed by atoms with Crippen LogP contribution < -0.4 is 5.32 Å². The van der Waals surface area contributed by atoms with Crippen LogP contribution in [0.3, 0.4) is 0 Å². The number of furan rings is 1.